The molecule has 1 aliphatic heterocycles. The van der Waals surface area contributed by atoms with Crippen LogP contribution in [0.5, 0.6) is 0 Å². The molecule has 1 aliphatic rings. The zero-order valence-corrected chi connectivity index (χ0v) is 11.2. The van der Waals surface area contributed by atoms with Crippen molar-refractivity contribution in [1.29, 1.82) is 0 Å². The third-order valence-corrected chi connectivity index (χ3v) is 3.98. The molecule has 0 aliphatic carbocycles. The molecular weight excluding hydrogens is 222 g/mol. The molecule has 94 valence electrons. The molecule has 4 heteroatoms. The lowest BCUT2D eigenvalue weighted by molar-refractivity contribution is -0.132. The predicted molar refractivity (Wildman–Crippen MR) is 68.8 cm³/mol. The number of piperidine rings is 1. The smallest absolute Gasteiger partial charge is 0.232 e. The topological polar surface area (TPSA) is 29.5 Å². The number of carbonyl (C=O) groups is 1. The van der Waals surface area contributed by atoms with Crippen molar-refractivity contribution in [2.75, 3.05) is 31.8 Å². The molecule has 0 N–H and O–H groups in total. The van der Waals surface area contributed by atoms with Crippen LogP contribution in [0, 0.1) is 0 Å². The fraction of sp³-hybridized carbons (Fsp3) is 0.917. The van der Waals surface area contributed by atoms with E-state index in [0.29, 0.717) is 17.7 Å². The predicted octanol–water partition coefficient (Wildman–Crippen LogP) is 2.16. The van der Waals surface area contributed by atoms with Crippen LogP contribution in [-0.4, -0.2) is 48.6 Å². The number of likely N-dealkylation sites (tertiary alicyclic amines) is 1. The molecular formula is C12H23NO2S. The summed E-state index contributed by atoms with van der Waals surface area (Å²) in [6.07, 6.45) is 4.73. The lowest BCUT2D eigenvalue weighted by atomic mass is 10.0. The number of thioether (sulfide) groups is 1. The van der Waals surface area contributed by atoms with E-state index in [0.717, 1.165) is 25.3 Å². The Morgan fingerprint density at radius 2 is 2.31 bits per heavy atom. The number of methoxy groups -OCH3 is 1. The van der Waals surface area contributed by atoms with Crippen LogP contribution in [0.1, 0.15) is 32.6 Å². The summed E-state index contributed by atoms with van der Waals surface area (Å²) in [5.41, 5.74) is 0. The standard InChI is InChI=1S/C12H23NO2S/c1-3-11-6-4-5-7-13(11)12(14)10-16-9-8-15-2/h11H,3-10H2,1-2H3/t11-/m1/s1. The SMILES string of the molecule is CC[C@@H]1CCCCN1C(=O)CSCCOC. The van der Waals surface area contributed by atoms with Gasteiger partial charge in [0.1, 0.15) is 0 Å². The van der Waals surface area contributed by atoms with Gasteiger partial charge in [0.15, 0.2) is 0 Å². The highest BCUT2D eigenvalue weighted by molar-refractivity contribution is 7.99. The van der Waals surface area contributed by atoms with Gasteiger partial charge in [-0.25, -0.2) is 0 Å². The Hall–Kier alpha value is -0.220. The molecule has 1 rings (SSSR count). The monoisotopic (exact) mass is 245 g/mol. The van der Waals surface area contributed by atoms with Crippen LogP contribution >= 0.6 is 11.8 Å². The molecule has 0 unspecified atom stereocenters. The van der Waals surface area contributed by atoms with Crippen LogP contribution in [0.3, 0.4) is 0 Å². The van der Waals surface area contributed by atoms with Crippen molar-refractivity contribution in [3.05, 3.63) is 0 Å². The molecule has 1 saturated heterocycles. The third kappa shape index (κ3) is 4.34. The first-order valence-corrected chi connectivity index (χ1v) is 7.31. The highest BCUT2D eigenvalue weighted by Crippen LogP contribution is 2.20. The van der Waals surface area contributed by atoms with E-state index in [1.807, 2.05) is 0 Å². The molecule has 0 radical (unpaired) electrons. The molecule has 0 aromatic rings. The summed E-state index contributed by atoms with van der Waals surface area (Å²) in [5, 5.41) is 0. The Labute approximate surface area is 103 Å². The average Bonchev–Trinajstić information content (AvgIpc) is 2.34. The highest BCUT2D eigenvalue weighted by atomic mass is 32.2. The molecule has 1 fully saturated rings. The average molecular weight is 245 g/mol. The van der Waals surface area contributed by atoms with E-state index in [4.69, 9.17) is 4.74 Å². The zero-order chi connectivity index (χ0) is 11.8. The minimum absolute atomic E-state index is 0.313. The summed E-state index contributed by atoms with van der Waals surface area (Å²) in [7, 11) is 1.69. The summed E-state index contributed by atoms with van der Waals surface area (Å²) >= 11 is 1.68. The molecule has 0 aromatic carbocycles. The van der Waals surface area contributed by atoms with Gasteiger partial charge in [-0.1, -0.05) is 6.92 Å². The van der Waals surface area contributed by atoms with Crippen LogP contribution < -0.4 is 0 Å². The summed E-state index contributed by atoms with van der Waals surface area (Å²) in [6.45, 7) is 3.87. The Morgan fingerprint density at radius 1 is 1.50 bits per heavy atom. The molecule has 0 aromatic heterocycles. The normalized spacial score (nSPS) is 21.1. The lowest BCUT2D eigenvalue weighted by Crippen LogP contribution is -2.44. The van der Waals surface area contributed by atoms with E-state index in [1.54, 1.807) is 18.9 Å². The van der Waals surface area contributed by atoms with Gasteiger partial charge in [0.25, 0.3) is 0 Å². The molecule has 1 heterocycles. The van der Waals surface area contributed by atoms with Crippen molar-refractivity contribution in [1.82, 2.24) is 4.90 Å². The fourth-order valence-corrected chi connectivity index (χ4v) is 2.91. The second-order valence-electron chi connectivity index (χ2n) is 4.19. The Morgan fingerprint density at radius 3 is 3.00 bits per heavy atom. The first kappa shape index (κ1) is 13.8. The second kappa shape index (κ2) is 7.96. The first-order chi connectivity index (χ1) is 7.79. The summed E-state index contributed by atoms with van der Waals surface area (Å²) in [6, 6.07) is 0.490. The maximum Gasteiger partial charge on any atom is 0.232 e. The van der Waals surface area contributed by atoms with Gasteiger partial charge in [-0.2, -0.15) is 0 Å². The van der Waals surface area contributed by atoms with Gasteiger partial charge in [-0.3, -0.25) is 4.79 Å². The van der Waals surface area contributed by atoms with E-state index in [1.165, 1.54) is 19.3 Å². The van der Waals surface area contributed by atoms with Crippen molar-refractivity contribution in [2.24, 2.45) is 0 Å². The number of carbonyl (C=O) groups excluding carboxylic acids is 1. The number of nitrogens with zero attached hydrogens (tertiary/aromatic N) is 1. The van der Waals surface area contributed by atoms with Crippen LogP contribution in [0.15, 0.2) is 0 Å². The minimum Gasteiger partial charge on any atom is -0.384 e. The third-order valence-electron chi connectivity index (χ3n) is 3.08. The quantitative estimate of drug-likeness (QED) is 0.672. The van der Waals surface area contributed by atoms with Gasteiger partial charge >= 0.3 is 0 Å². The molecule has 16 heavy (non-hydrogen) atoms. The summed E-state index contributed by atoms with van der Waals surface area (Å²) in [5.74, 6) is 1.83. The largest absolute Gasteiger partial charge is 0.384 e. The van der Waals surface area contributed by atoms with Gasteiger partial charge in [0.2, 0.25) is 5.91 Å². The summed E-state index contributed by atoms with van der Waals surface area (Å²) in [4.78, 5) is 14.1. The van der Waals surface area contributed by atoms with Gasteiger partial charge < -0.3 is 9.64 Å². The number of rotatable bonds is 6. The van der Waals surface area contributed by atoms with Gasteiger partial charge in [0, 0.05) is 25.4 Å². The van der Waals surface area contributed by atoms with E-state index >= 15 is 0 Å². The Balaban J connectivity index is 2.27. The molecule has 0 saturated carbocycles. The summed E-state index contributed by atoms with van der Waals surface area (Å²) < 4.78 is 4.97. The zero-order valence-electron chi connectivity index (χ0n) is 10.4. The number of amides is 1. The highest BCUT2D eigenvalue weighted by Gasteiger charge is 2.24. The maximum atomic E-state index is 12.0. The van der Waals surface area contributed by atoms with E-state index < -0.39 is 0 Å². The van der Waals surface area contributed by atoms with Crippen LogP contribution in [0.4, 0.5) is 0 Å². The fourth-order valence-electron chi connectivity index (χ4n) is 2.14. The van der Waals surface area contributed by atoms with Gasteiger partial charge in [-0.05, 0) is 25.7 Å². The molecule has 1 amide bonds. The Kier molecular flexibility index (Phi) is 6.88. The van der Waals surface area contributed by atoms with Crippen LogP contribution in [-0.2, 0) is 9.53 Å². The molecule has 0 bridgehead atoms. The number of ether oxygens (including phenoxy) is 1. The van der Waals surface area contributed by atoms with Crippen molar-refractivity contribution in [3.8, 4) is 0 Å². The second-order valence-corrected chi connectivity index (χ2v) is 5.30. The lowest BCUT2D eigenvalue weighted by Gasteiger charge is -2.35. The first-order valence-electron chi connectivity index (χ1n) is 6.15. The molecule has 1 atom stereocenters. The van der Waals surface area contributed by atoms with Gasteiger partial charge in [0.05, 0.1) is 12.4 Å². The van der Waals surface area contributed by atoms with Crippen molar-refractivity contribution in [3.63, 3.8) is 0 Å². The number of hydrogen-bond donors (Lipinski definition) is 0. The van der Waals surface area contributed by atoms with E-state index in [9.17, 15) is 4.79 Å². The van der Waals surface area contributed by atoms with E-state index in [2.05, 4.69) is 11.8 Å². The Bertz CT molecular complexity index is 211. The van der Waals surface area contributed by atoms with Gasteiger partial charge in [-0.15, -0.1) is 11.8 Å². The maximum absolute atomic E-state index is 12.0. The number of hydrogen-bond acceptors (Lipinski definition) is 3. The molecule has 0 spiro atoms. The van der Waals surface area contributed by atoms with Crippen LogP contribution in [0.2, 0.25) is 0 Å². The van der Waals surface area contributed by atoms with Crippen molar-refractivity contribution in [2.45, 2.75) is 38.6 Å². The molecule has 3 nitrogen and oxygen atoms in total. The van der Waals surface area contributed by atoms with Crippen molar-refractivity contribution >= 4 is 17.7 Å². The van der Waals surface area contributed by atoms with Crippen LogP contribution in [0.25, 0.3) is 0 Å². The minimum atomic E-state index is 0.313. The van der Waals surface area contributed by atoms with Crippen molar-refractivity contribution < 1.29 is 9.53 Å². The van der Waals surface area contributed by atoms with E-state index in [-0.39, 0.29) is 0 Å².